The molecule has 3 aromatic heterocycles. The highest BCUT2D eigenvalue weighted by Gasteiger charge is 2.10. The summed E-state index contributed by atoms with van der Waals surface area (Å²) in [5.41, 5.74) is 8.06. The Bertz CT molecular complexity index is 966. The van der Waals surface area contributed by atoms with Crippen LogP contribution in [0.4, 0.5) is 17.3 Å². The van der Waals surface area contributed by atoms with E-state index in [4.69, 9.17) is 5.73 Å². The van der Waals surface area contributed by atoms with Crippen molar-refractivity contribution >= 4 is 23.0 Å². The molecule has 0 aliphatic carbocycles. The number of aryl methyl sites for hydroxylation is 1. The Morgan fingerprint density at radius 1 is 1.09 bits per heavy atom. The molecule has 0 saturated heterocycles. The highest BCUT2D eigenvalue weighted by molar-refractivity contribution is 5.59. The second-order valence-electron chi connectivity index (χ2n) is 5.18. The molecule has 0 unspecified atom stereocenters. The van der Waals surface area contributed by atoms with Gasteiger partial charge in [0.05, 0.1) is 0 Å². The first-order valence-corrected chi connectivity index (χ1v) is 7.19. The van der Waals surface area contributed by atoms with Gasteiger partial charge in [-0.15, -0.1) is 5.10 Å². The number of hydrogen-bond donors (Lipinski definition) is 2. The molecule has 1 aromatic carbocycles. The number of nitrogens with zero attached hydrogens (tertiary/aromatic N) is 5. The van der Waals surface area contributed by atoms with Gasteiger partial charge in [-0.3, -0.25) is 4.57 Å². The Morgan fingerprint density at radius 2 is 1.91 bits per heavy atom. The zero-order valence-corrected chi connectivity index (χ0v) is 12.5. The highest BCUT2D eigenvalue weighted by atomic mass is 15.4. The van der Waals surface area contributed by atoms with Crippen molar-refractivity contribution in [3.8, 4) is 5.82 Å². The van der Waals surface area contributed by atoms with Crippen LogP contribution in [0, 0.1) is 6.92 Å². The van der Waals surface area contributed by atoms with Crippen LogP contribution >= 0.6 is 0 Å². The molecule has 0 atom stereocenters. The van der Waals surface area contributed by atoms with Crippen molar-refractivity contribution in [2.75, 3.05) is 11.1 Å². The van der Waals surface area contributed by atoms with E-state index in [1.807, 2.05) is 60.2 Å². The van der Waals surface area contributed by atoms with Crippen molar-refractivity contribution in [1.29, 1.82) is 0 Å². The van der Waals surface area contributed by atoms with Crippen LogP contribution in [0.5, 0.6) is 0 Å². The summed E-state index contributed by atoms with van der Waals surface area (Å²) in [5.74, 6) is 2.30. The maximum Gasteiger partial charge on any atom is 0.247 e. The molecule has 3 N–H and O–H groups in total. The molecule has 0 radical (unpaired) electrons. The molecule has 114 valence electrons. The third-order valence-electron chi connectivity index (χ3n) is 3.58. The van der Waals surface area contributed by atoms with Crippen LogP contribution in [0.3, 0.4) is 0 Å². The van der Waals surface area contributed by atoms with Crippen molar-refractivity contribution in [3.05, 3.63) is 60.7 Å². The summed E-state index contributed by atoms with van der Waals surface area (Å²) in [7, 11) is 0. The first kappa shape index (κ1) is 13.3. The van der Waals surface area contributed by atoms with E-state index in [1.165, 1.54) is 0 Å². The van der Waals surface area contributed by atoms with Gasteiger partial charge in [0.1, 0.15) is 11.6 Å². The molecule has 0 amide bonds. The normalized spacial score (nSPS) is 11.0. The summed E-state index contributed by atoms with van der Waals surface area (Å²) in [6.07, 6.45) is 3.66. The minimum absolute atomic E-state index is 0.528. The maximum absolute atomic E-state index is 5.70. The third kappa shape index (κ3) is 2.38. The number of aromatic nitrogens is 5. The minimum atomic E-state index is 0.528. The van der Waals surface area contributed by atoms with E-state index in [0.29, 0.717) is 5.95 Å². The molecule has 0 spiro atoms. The fraction of sp³-hybridized carbons (Fsp3) is 0.0625. The maximum atomic E-state index is 5.70. The van der Waals surface area contributed by atoms with Crippen LogP contribution < -0.4 is 11.1 Å². The molecule has 0 saturated carbocycles. The predicted octanol–water partition coefficient (Wildman–Crippen LogP) is 2.55. The first-order valence-electron chi connectivity index (χ1n) is 7.19. The summed E-state index contributed by atoms with van der Waals surface area (Å²) in [5, 5.41) is 7.73. The van der Waals surface area contributed by atoms with Gasteiger partial charge in [0.2, 0.25) is 5.95 Å². The van der Waals surface area contributed by atoms with E-state index in [-0.39, 0.29) is 0 Å². The highest BCUT2D eigenvalue weighted by Crippen LogP contribution is 2.18. The number of benzene rings is 1. The largest absolute Gasteiger partial charge is 0.399 e. The fourth-order valence-corrected chi connectivity index (χ4v) is 2.44. The molecule has 23 heavy (non-hydrogen) atoms. The van der Waals surface area contributed by atoms with E-state index in [9.17, 15) is 0 Å². The number of fused-ring (bicyclic) bond motifs is 1. The molecule has 0 aliphatic heterocycles. The first-order chi connectivity index (χ1) is 11.2. The SMILES string of the molecule is Cc1nccn1-c1cccc2nc(Nc3ccc(N)cc3)nn12. The topological polar surface area (TPSA) is 86.1 Å². The van der Waals surface area contributed by atoms with E-state index in [0.717, 1.165) is 28.7 Å². The molecule has 3 heterocycles. The smallest absolute Gasteiger partial charge is 0.247 e. The molecular formula is C16H15N7. The van der Waals surface area contributed by atoms with E-state index in [2.05, 4.69) is 20.4 Å². The van der Waals surface area contributed by atoms with Gasteiger partial charge in [-0.1, -0.05) is 6.07 Å². The average molecular weight is 305 g/mol. The van der Waals surface area contributed by atoms with Crippen molar-refractivity contribution in [2.45, 2.75) is 6.92 Å². The lowest BCUT2D eigenvalue weighted by molar-refractivity contribution is 0.846. The summed E-state index contributed by atoms with van der Waals surface area (Å²) in [6.45, 7) is 1.95. The monoisotopic (exact) mass is 305 g/mol. The zero-order valence-electron chi connectivity index (χ0n) is 12.5. The molecule has 0 aliphatic rings. The lowest BCUT2D eigenvalue weighted by atomic mass is 10.3. The molecule has 4 aromatic rings. The number of anilines is 3. The minimum Gasteiger partial charge on any atom is -0.399 e. The molecular weight excluding hydrogens is 290 g/mol. The number of pyridine rings is 1. The standard InChI is InChI=1S/C16H15N7/c1-11-18-9-10-22(11)15-4-2-3-14-20-16(21-23(14)15)19-13-7-5-12(17)6-8-13/h2-10H,17H2,1H3,(H,19,21). The molecule has 7 heteroatoms. The van der Waals surface area contributed by atoms with Gasteiger partial charge in [0, 0.05) is 23.8 Å². The van der Waals surface area contributed by atoms with Crippen molar-refractivity contribution in [3.63, 3.8) is 0 Å². The van der Waals surface area contributed by atoms with Crippen LogP contribution in [-0.2, 0) is 0 Å². The van der Waals surface area contributed by atoms with Crippen LogP contribution in [-0.4, -0.2) is 24.1 Å². The van der Waals surface area contributed by atoms with Gasteiger partial charge in [-0.2, -0.15) is 9.50 Å². The Balaban J connectivity index is 1.76. The molecule has 0 bridgehead atoms. The number of nitrogen functional groups attached to an aromatic ring is 1. The van der Waals surface area contributed by atoms with Gasteiger partial charge in [-0.05, 0) is 43.3 Å². The summed E-state index contributed by atoms with van der Waals surface area (Å²) in [4.78, 5) is 8.76. The number of rotatable bonds is 3. The second-order valence-corrected chi connectivity index (χ2v) is 5.18. The quantitative estimate of drug-likeness (QED) is 0.568. The summed E-state index contributed by atoms with van der Waals surface area (Å²) in [6, 6.07) is 13.3. The van der Waals surface area contributed by atoms with Crippen LogP contribution in [0.25, 0.3) is 11.5 Å². The average Bonchev–Trinajstić information content (AvgIpc) is 3.15. The fourth-order valence-electron chi connectivity index (χ4n) is 2.44. The second kappa shape index (κ2) is 5.13. The Hall–Kier alpha value is -3.35. The van der Waals surface area contributed by atoms with E-state index in [1.54, 1.807) is 10.7 Å². The zero-order chi connectivity index (χ0) is 15.8. The van der Waals surface area contributed by atoms with E-state index >= 15 is 0 Å². The number of nitrogens with one attached hydrogen (secondary N) is 1. The lowest BCUT2D eigenvalue weighted by Gasteiger charge is -2.06. The van der Waals surface area contributed by atoms with E-state index < -0.39 is 0 Å². The number of hydrogen-bond acceptors (Lipinski definition) is 5. The molecule has 0 fully saturated rings. The van der Waals surface area contributed by atoms with Gasteiger partial charge < -0.3 is 11.1 Å². The van der Waals surface area contributed by atoms with Crippen LogP contribution in [0.2, 0.25) is 0 Å². The van der Waals surface area contributed by atoms with Crippen LogP contribution in [0.1, 0.15) is 5.82 Å². The lowest BCUT2D eigenvalue weighted by Crippen LogP contribution is -2.04. The van der Waals surface area contributed by atoms with Crippen LogP contribution in [0.15, 0.2) is 54.9 Å². The number of nitrogens with two attached hydrogens (primary N) is 1. The van der Waals surface area contributed by atoms with Gasteiger partial charge >= 0.3 is 0 Å². The van der Waals surface area contributed by atoms with Gasteiger partial charge in [0.15, 0.2) is 5.65 Å². The third-order valence-corrected chi connectivity index (χ3v) is 3.58. The van der Waals surface area contributed by atoms with Crippen molar-refractivity contribution in [1.82, 2.24) is 24.1 Å². The predicted molar refractivity (Wildman–Crippen MR) is 89.0 cm³/mol. The van der Waals surface area contributed by atoms with Crippen molar-refractivity contribution < 1.29 is 0 Å². The summed E-state index contributed by atoms with van der Waals surface area (Å²) < 4.78 is 3.75. The van der Waals surface area contributed by atoms with Gasteiger partial charge in [0.25, 0.3) is 0 Å². The van der Waals surface area contributed by atoms with Crippen molar-refractivity contribution in [2.24, 2.45) is 0 Å². The summed E-state index contributed by atoms with van der Waals surface area (Å²) >= 11 is 0. The molecule has 4 rings (SSSR count). The molecule has 7 nitrogen and oxygen atoms in total. The Labute approximate surface area is 132 Å². The Morgan fingerprint density at radius 3 is 2.65 bits per heavy atom. The Kier molecular flexibility index (Phi) is 2.97. The van der Waals surface area contributed by atoms with Gasteiger partial charge in [-0.25, -0.2) is 4.98 Å². The number of imidazole rings is 1.